The van der Waals surface area contributed by atoms with Crippen molar-refractivity contribution in [2.45, 2.75) is 77.6 Å². The maximum Gasteiger partial charge on any atom is 0.116 e. The van der Waals surface area contributed by atoms with Gasteiger partial charge in [-0.05, 0) is 19.3 Å². The molecule has 0 heterocycles. The molecule has 0 rings (SSSR count). The maximum atomic E-state index is 9.67. The quantitative estimate of drug-likeness (QED) is 0.348. The van der Waals surface area contributed by atoms with Gasteiger partial charge in [0.05, 0.1) is 6.61 Å². The minimum Gasteiger partial charge on any atom is -0.394 e. The zero-order valence-electron chi connectivity index (χ0n) is 14.8. The third-order valence-corrected chi connectivity index (χ3v) is 3.55. The van der Waals surface area contributed by atoms with Crippen LogP contribution in [0.15, 0.2) is 12.7 Å². The minimum atomic E-state index is -0.368. The minimum absolute atomic E-state index is 0.0675. The molecule has 0 radical (unpaired) electrons. The van der Waals surface area contributed by atoms with Gasteiger partial charge >= 0.3 is 0 Å². The van der Waals surface area contributed by atoms with E-state index in [1.165, 1.54) is 0 Å². The third kappa shape index (κ3) is 9.57. The number of hydrogen-bond donors (Lipinski definition) is 1. The molecular formula is C18H36O4. The summed E-state index contributed by atoms with van der Waals surface area (Å²) in [6, 6.07) is 0. The lowest BCUT2D eigenvalue weighted by Crippen LogP contribution is -2.44. The summed E-state index contributed by atoms with van der Waals surface area (Å²) in [7, 11) is 0. The van der Waals surface area contributed by atoms with Crippen LogP contribution >= 0.6 is 0 Å². The molecule has 0 aromatic heterocycles. The van der Waals surface area contributed by atoms with Crippen LogP contribution in [0.2, 0.25) is 0 Å². The molecule has 0 aliphatic carbocycles. The van der Waals surface area contributed by atoms with E-state index in [0.717, 1.165) is 38.5 Å². The summed E-state index contributed by atoms with van der Waals surface area (Å²) in [5.74, 6) is 0. The van der Waals surface area contributed by atoms with Gasteiger partial charge in [0, 0.05) is 19.8 Å². The summed E-state index contributed by atoms with van der Waals surface area (Å²) in [6.45, 7) is 12.1. The highest BCUT2D eigenvalue weighted by Crippen LogP contribution is 2.15. The Morgan fingerprint density at radius 1 is 0.864 bits per heavy atom. The van der Waals surface area contributed by atoms with Crippen LogP contribution in [0.3, 0.4) is 0 Å². The number of aliphatic hydroxyl groups is 1. The first-order chi connectivity index (χ1) is 10.7. The van der Waals surface area contributed by atoms with Gasteiger partial charge in [-0.1, -0.05) is 46.1 Å². The van der Waals surface area contributed by atoms with E-state index in [4.69, 9.17) is 14.2 Å². The molecule has 1 N–H and O–H groups in total. The number of unbranched alkanes of at least 4 members (excludes halogenated alkanes) is 3. The zero-order valence-corrected chi connectivity index (χ0v) is 14.8. The highest BCUT2D eigenvalue weighted by Gasteiger charge is 2.29. The second-order valence-corrected chi connectivity index (χ2v) is 5.56. The van der Waals surface area contributed by atoms with E-state index in [0.29, 0.717) is 19.8 Å². The predicted octanol–water partition coefficient (Wildman–Crippen LogP) is 3.72. The highest BCUT2D eigenvalue weighted by molar-refractivity contribution is 4.91. The summed E-state index contributed by atoms with van der Waals surface area (Å²) in [4.78, 5) is 0. The lowest BCUT2D eigenvalue weighted by Gasteiger charge is -2.31. The Morgan fingerprint density at radius 3 is 1.82 bits per heavy atom. The molecule has 0 aromatic carbocycles. The van der Waals surface area contributed by atoms with Gasteiger partial charge < -0.3 is 19.3 Å². The van der Waals surface area contributed by atoms with Crippen LogP contribution in [0.4, 0.5) is 0 Å². The first-order valence-electron chi connectivity index (χ1n) is 8.83. The van der Waals surface area contributed by atoms with Gasteiger partial charge in [0.1, 0.15) is 18.3 Å². The van der Waals surface area contributed by atoms with Crippen molar-refractivity contribution in [3.8, 4) is 0 Å². The van der Waals surface area contributed by atoms with Crippen LogP contribution in [0.1, 0.15) is 59.3 Å². The van der Waals surface area contributed by atoms with Crippen molar-refractivity contribution in [1.29, 1.82) is 0 Å². The molecule has 132 valence electrons. The average Bonchev–Trinajstić information content (AvgIpc) is 2.54. The zero-order chi connectivity index (χ0) is 16.6. The molecule has 3 atom stereocenters. The molecule has 0 spiro atoms. The lowest BCUT2D eigenvalue weighted by atomic mass is 10.1. The molecule has 0 saturated heterocycles. The Labute approximate surface area is 136 Å². The van der Waals surface area contributed by atoms with Crippen molar-refractivity contribution in [3.63, 3.8) is 0 Å². The Hall–Kier alpha value is -0.420. The van der Waals surface area contributed by atoms with Crippen LogP contribution in [0.5, 0.6) is 0 Å². The van der Waals surface area contributed by atoms with E-state index in [1.54, 1.807) is 6.08 Å². The molecule has 0 aliphatic rings. The van der Waals surface area contributed by atoms with Crippen molar-refractivity contribution < 1.29 is 19.3 Å². The Kier molecular flexibility index (Phi) is 15.2. The molecule has 0 bridgehead atoms. The molecule has 0 aromatic rings. The largest absolute Gasteiger partial charge is 0.394 e. The van der Waals surface area contributed by atoms with Crippen molar-refractivity contribution in [2.24, 2.45) is 0 Å². The molecule has 0 saturated carbocycles. The number of hydrogen-bond acceptors (Lipinski definition) is 4. The monoisotopic (exact) mass is 316 g/mol. The SMILES string of the molecule is C=CC(OCCCC)[C@@H](OCCCC)C(CO)OCCCC. The van der Waals surface area contributed by atoms with Gasteiger partial charge in [-0.25, -0.2) is 0 Å². The van der Waals surface area contributed by atoms with E-state index in [1.807, 2.05) is 0 Å². The van der Waals surface area contributed by atoms with Crippen LogP contribution in [0, 0.1) is 0 Å². The standard InChI is InChI=1S/C18H36O4/c1-5-9-12-20-16(8-4)18(22-14-11-7-3)17(15-19)21-13-10-6-2/h8,16-19H,4-7,9-15H2,1-3H3/t16?,17?,18-/m1/s1. The van der Waals surface area contributed by atoms with Crippen molar-refractivity contribution in [2.75, 3.05) is 26.4 Å². The molecule has 4 nitrogen and oxygen atoms in total. The van der Waals surface area contributed by atoms with Crippen LogP contribution in [-0.4, -0.2) is 49.8 Å². The molecule has 0 amide bonds. The van der Waals surface area contributed by atoms with Crippen molar-refractivity contribution >= 4 is 0 Å². The van der Waals surface area contributed by atoms with Gasteiger partial charge in [0.2, 0.25) is 0 Å². The van der Waals surface area contributed by atoms with Gasteiger partial charge in [0.15, 0.2) is 0 Å². The summed E-state index contributed by atoms with van der Waals surface area (Å²) >= 11 is 0. The van der Waals surface area contributed by atoms with Gasteiger partial charge in [-0.15, -0.1) is 6.58 Å². The first-order valence-corrected chi connectivity index (χ1v) is 8.83. The van der Waals surface area contributed by atoms with Crippen LogP contribution in [0.25, 0.3) is 0 Å². The number of ether oxygens (including phenoxy) is 3. The Balaban J connectivity index is 4.66. The fourth-order valence-corrected chi connectivity index (χ4v) is 2.07. The topological polar surface area (TPSA) is 47.9 Å². The normalized spacial score (nSPS) is 15.5. The van der Waals surface area contributed by atoms with Gasteiger partial charge in [-0.3, -0.25) is 0 Å². The van der Waals surface area contributed by atoms with E-state index in [9.17, 15) is 5.11 Å². The third-order valence-electron chi connectivity index (χ3n) is 3.55. The van der Waals surface area contributed by atoms with Crippen LogP contribution in [-0.2, 0) is 14.2 Å². The molecular weight excluding hydrogens is 280 g/mol. The Morgan fingerprint density at radius 2 is 1.36 bits per heavy atom. The smallest absolute Gasteiger partial charge is 0.116 e. The summed E-state index contributed by atoms with van der Waals surface area (Å²) < 4.78 is 17.7. The molecule has 0 aliphatic heterocycles. The average molecular weight is 316 g/mol. The maximum absolute atomic E-state index is 9.67. The molecule has 22 heavy (non-hydrogen) atoms. The second-order valence-electron chi connectivity index (χ2n) is 5.56. The Bertz CT molecular complexity index is 245. The number of aliphatic hydroxyl groups excluding tert-OH is 1. The first kappa shape index (κ1) is 21.6. The summed E-state index contributed by atoms with van der Waals surface area (Å²) in [6.07, 6.45) is 7.04. The second kappa shape index (κ2) is 15.5. The van der Waals surface area contributed by atoms with E-state index in [-0.39, 0.29) is 24.9 Å². The number of rotatable bonds is 16. The van der Waals surface area contributed by atoms with Gasteiger partial charge in [0.25, 0.3) is 0 Å². The fraction of sp³-hybridized carbons (Fsp3) is 0.889. The fourth-order valence-electron chi connectivity index (χ4n) is 2.07. The summed E-state index contributed by atoms with van der Waals surface area (Å²) in [5, 5.41) is 9.67. The highest BCUT2D eigenvalue weighted by atomic mass is 16.6. The van der Waals surface area contributed by atoms with Gasteiger partial charge in [-0.2, -0.15) is 0 Å². The van der Waals surface area contributed by atoms with Crippen molar-refractivity contribution in [1.82, 2.24) is 0 Å². The van der Waals surface area contributed by atoms with E-state index >= 15 is 0 Å². The van der Waals surface area contributed by atoms with E-state index < -0.39 is 0 Å². The lowest BCUT2D eigenvalue weighted by molar-refractivity contribution is -0.139. The molecule has 2 unspecified atom stereocenters. The van der Waals surface area contributed by atoms with E-state index in [2.05, 4.69) is 27.4 Å². The molecule has 0 fully saturated rings. The van der Waals surface area contributed by atoms with Crippen molar-refractivity contribution in [3.05, 3.63) is 12.7 Å². The predicted molar refractivity (Wildman–Crippen MR) is 91.2 cm³/mol. The molecule has 4 heteroatoms. The van der Waals surface area contributed by atoms with Crippen LogP contribution < -0.4 is 0 Å². The summed E-state index contributed by atoms with van der Waals surface area (Å²) in [5.41, 5.74) is 0.